The van der Waals surface area contributed by atoms with Crippen LogP contribution in [0.1, 0.15) is 43.7 Å². The third-order valence-electron chi connectivity index (χ3n) is 4.87. The van der Waals surface area contributed by atoms with E-state index in [-0.39, 0.29) is 10.9 Å². The van der Waals surface area contributed by atoms with E-state index in [2.05, 4.69) is 93.6 Å². The van der Waals surface area contributed by atoms with Gasteiger partial charge in [0.25, 0.3) is 0 Å². The van der Waals surface area contributed by atoms with Crippen LogP contribution in [0.15, 0.2) is 87.5 Å². The van der Waals surface area contributed by atoms with Crippen molar-refractivity contribution in [1.29, 1.82) is 0 Å². The molecule has 0 amide bonds. The van der Waals surface area contributed by atoms with Gasteiger partial charge in [0.2, 0.25) is 0 Å². The Morgan fingerprint density at radius 2 is 1.21 bits per heavy atom. The Kier molecular flexibility index (Phi) is 7.62. The molecule has 0 heterocycles. The first-order valence-corrected chi connectivity index (χ1v) is 11.5. The summed E-state index contributed by atoms with van der Waals surface area (Å²) in [6.07, 6.45) is 4.93. The van der Waals surface area contributed by atoms with Gasteiger partial charge in [0, 0.05) is 12.1 Å². The molecule has 3 aromatic rings. The van der Waals surface area contributed by atoms with Crippen molar-refractivity contribution < 1.29 is 4.74 Å². The quantitative estimate of drug-likeness (QED) is 0.273. The summed E-state index contributed by atoms with van der Waals surface area (Å²) in [7, 11) is -0.109. The average molecular weight is 392 g/mol. The average Bonchev–Trinajstić information content (AvgIpc) is 2.71. The zero-order valence-corrected chi connectivity index (χ0v) is 18.1. The lowest BCUT2D eigenvalue weighted by molar-refractivity contribution is 0.301. The maximum Gasteiger partial charge on any atom is 0.167 e. The fourth-order valence-corrected chi connectivity index (χ4v) is 5.74. The van der Waals surface area contributed by atoms with Crippen LogP contribution in [0.5, 0.6) is 5.75 Å². The molecule has 0 saturated heterocycles. The molecular weight excluding hydrogens is 360 g/mol. The van der Waals surface area contributed by atoms with Crippen molar-refractivity contribution in [1.82, 2.24) is 0 Å². The first-order chi connectivity index (χ1) is 13.7. The van der Waals surface area contributed by atoms with Gasteiger partial charge in [-0.25, -0.2) is 0 Å². The first-order valence-electron chi connectivity index (χ1n) is 10.3. The molecule has 0 atom stereocenters. The fraction of sp³-hybridized carbons (Fsp3) is 0.308. The SMILES string of the molecule is CCCCCCOc1c(C)cc([S+](c2ccccc2)c2ccccc2)cc1C. The van der Waals surface area contributed by atoms with Crippen molar-refractivity contribution in [3.05, 3.63) is 83.9 Å². The molecule has 0 aliphatic carbocycles. The zero-order valence-electron chi connectivity index (χ0n) is 17.3. The summed E-state index contributed by atoms with van der Waals surface area (Å²) >= 11 is 0. The van der Waals surface area contributed by atoms with E-state index < -0.39 is 0 Å². The smallest absolute Gasteiger partial charge is 0.167 e. The van der Waals surface area contributed by atoms with Crippen molar-refractivity contribution in [2.24, 2.45) is 0 Å². The van der Waals surface area contributed by atoms with E-state index in [1.165, 1.54) is 45.1 Å². The number of aryl methyl sites for hydroxylation is 2. The summed E-state index contributed by atoms with van der Waals surface area (Å²) in [5.41, 5.74) is 2.46. The molecule has 0 aliphatic rings. The van der Waals surface area contributed by atoms with Crippen LogP contribution >= 0.6 is 0 Å². The monoisotopic (exact) mass is 391 g/mol. The highest BCUT2D eigenvalue weighted by atomic mass is 32.2. The standard InChI is InChI=1S/C26H31OS/c1-4-5-6-13-18-27-26-21(2)19-25(20-22(26)3)28(23-14-9-7-10-15-23)24-16-11-8-12-17-24/h7-12,14-17,19-20H,4-6,13,18H2,1-3H3/q+1. The Morgan fingerprint density at radius 3 is 1.71 bits per heavy atom. The van der Waals surface area contributed by atoms with Gasteiger partial charge in [0.1, 0.15) is 5.75 Å². The molecule has 0 radical (unpaired) electrons. The highest BCUT2D eigenvalue weighted by Gasteiger charge is 2.29. The Labute approximate surface area is 173 Å². The number of hydrogen-bond donors (Lipinski definition) is 0. The minimum absolute atomic E-state index is 0.109. The van der Waals surface area contributed by atoms with Crippen molar-refractivity contribution in [2.75, 3.05) is 6.61 Å². The summed E-state index contributed by atoms with van der Waals surface area (Å²) in [5, 5.41) is 0. The van der Waals surface area contributed by atoms with Crippen LogP contribution in [0.4, 0.5) is 0 Å². The number of ether oxygens (including phenoxy) is 1. The van der Waals surface area contributed by atoms with Crippen molar-refractivity contribution >= 4 is 10.9 Å². The van der Waals surface area contributed by atoms with E-state index >= 15 is 0 Å². The van der Waals surface area contributed by atoms with E-state index in [4.69, 9.17) is 4.74 Å². The van der Waals surface area contributed by atoms with Gasteiger partial charge in [-0.05, 0) is 55.7 Å². The summed E-state index contributed by atoms with van der Waals surface area (Å²) in [5.74, 6) is 1.06. The van der Waals surface area contributed by atoms with Crippen LogP contribution in [0.25, 0.3) is 0 Å². The van der Waals surface area contributed by atoms with E-state index in [9.17, 15) is 0 Å². The van der Waals surface area contributed by atoms with Gasteiger partial charge in [-0.1, -0.05) is 62.6 Å². The maximum absolute atomic E-state index is 6.16. The Bertz CT molecular complexity index is 796. The van der Waals surface area contributed by atoms with Gasteiger partial charge in [-0.15, -0.1) is 0 Å². The molecule has 0 aliphatic heterocycles. The van der Waals surface area contributed by atoms with Gasteiger partial charge >= 0.3 is 0 Å². The molecule has 0 N–H and O–H groups in total. The summed E-state index contributed by atoms with van der Waals surface area (Å²) in [6.45, 7) is 7.40. The zero-order chi connectivity index (χ0) is 19.8. The highest BCUT2D eigenvalue weighted by Crippen LogP contribution is 2.35. The molecule has 0 unspecified atom stereocenters. The molecule has 28 heavy (non-hydrogen) atoms. The van der Waals surface area contributed by atoms with Crippen molar-refractivity contribution in [3.8, 4) is 5.75 Å². The minimum atomic E-state index is -0.109. The number of unbranched alkanes of at least 4 members (excludes halogenated alkanes) is 3. The predicted octanol–water partition coefficient (Wildman–Crippen LogP) is 7.36. The second-order valence-corrected chi connectivity index (χ2v) is 9.25. The van der Waals surface area contributed by atoms with E-state index in [0.29, 0.717) is 0 Å². The van der Waals surface area contributed by atoms with E-state index in [1.807, 2.05) is 0 Å². The van der Waals surface area contributed by atoms with E-state index in [0.717, 1.165) is 18.8 Å². The Morgan fingerprint density at radius 1 is 0.679 bits per heavy atom. The molecule has 3 rings (SSSR count). The van der Waals surface area contributed by atoms with E-state index in [1.54, 1.807) is 0 Å². The lowest BCUT2D eigenvalue weighted by Gasteiger charge is -2.15. The normalized spacial score (nSPS) is 11.0. The van der Waals surface area contributed by atoms with Gasteiger partial charge in [-0.2, -0.15) is 0 Å². The number of hydrogen-bond acceptors (Lipinski definition) is 1. The molecule has 146 valence electrons. The van der Waals surface area contributed by atoms with Crippen LogP contribution in [-0.4, -0.2) is 6.61 Å². The lowest BCUT2D eigenvalue weighted by atomic mass is 10.1. The van der Waals surface area contributed by atoms with Crippen molar-refractivity contribution in [2.45, 2.75) is 61.1 Å². The predicted molar refractivity (Wildman–Crippen MR) is 121 cm³/mol. The van der Waals surface area contributed by atoms with Gasteiger partial charge < -0.3 is 4.74 Å². The molecule has 0 aromatic heterocycles. The van der Waals surface area contributed by atoms with Crippen LogP contribution < -0.4 is 4.74 Å². The van der Waals surface area contributed by atoms with Gasteiger partial charge in [0.05, 0.1) is 17.5 Å². The largest absolute Gasteiger partial charge is 0.493 e. The summed E-state index contributed by atoms with van der Waals surface area (Å²) < 4.78 is 6.16. The molecule has 2 heteroatoms. The summed E-state index contributed by atoms with van der Waals surface area (Å²) in [6, 6.07) is 26.3. The molecule has 0 spiro atoms. The van der Waals surface area contributed by atoms with Crippen LogP contribution in [-0.2, 0) is 10.9 Å². The molecule has 0 saturated carbocycles. The molecule has 3 aromatic carbocycles. The minimum Gasteiger partial charge on any atom is -0.493 e. The van der Waals surface area contributed by atoms with Crippen LogP contribution in [0.2, 0.25) is 0 Å². The lowest BCUT2D eigenvalue weighted by Crippen LogP contribution is -2.07. The Hall–Kier alpha value is -2.19. The maximum atomic E-state index is 6.16. The van der Waals surface area contributed by atoms with Gasteiger partial charge in [0.15, 0.2) is 14.7 Å². The molecular formula is C26H31OS+. The second kappa shape index (κ2) is 10.4. The summed E-state index contributed by atoms with van der Waals surface area (Å²) in [4.78, 5) is 4.05. The van der Waals surface area contributed by atoms with Gasteiger partial charge in [-0.3, -0.25) is 0 Å². The molecule has 0 bridgehead atoms. The van der Waals surface area contributed by atoms with Crippen LogP contribution in [0, 0.1) is 13.8 Å². The number of benzene rings is 3. The van der Waals surface area contributed by atoms with Crippen LogP contribution in [0.3, 0.4) is 0 Å². The first kappa shape index (κ1) is 20.5. The highest BCUT2D eigenvalue weighted by molar-refractivity contribution is 7.97. The number of rotatable bonds is 9. The topological polar surface area (TPSA) is 9.23 Å². The molecule has 0 fully saturated rings. The third-order valence-corrected chi connectivity index (χ3v) is 7.07. The van der Waals surface area contributed by atoms with Crippen molar-refractivity contribution in [3.63, 3.8) is 0 Å². The second-order valence-electron chi connectivity index (χ2n) is 7.23. The fourth-order valence-electron chi connectivity index (χ4n) is 3.48. The molecule has 1 nitrogen and oxygen atoms in total. The Balaban J connectivity index is 1.89. The third kappa shape index (κ3) is 5.20.